The molecule has 0 spiro atoms. The molecule has 0 aliphatic rings. The second-order valence-electron chi connectivity index (χ2n) is 3.63. The highest BCUT2D eigenvalue weighted by Crippen LogP contribution is 2.26. The monoisotopic (exact) mass is 305 g/mol. The van der Waals surface area contributed by atoms with E-state index < -0.39 is 0 Å². The van der Waals surface area contributed by atoms with Crippen LogP contribution < -0.4 is 4.74 Å². The van der Waals surface area contributed by atoms with Gasteiger partial charge in [0.2, 0.25) is 0 Å². The third kappa shape index (κ3) is 2.90. The van der Waals surface area contributed by atoms with Crippen LogP contribution in [0.3, 0.4) is 0 Å². The number of aromatic hydroxyl groups is 1. The van der Waals surface area contributed by atoms with E-state index in [0.717, 1.165) is 10.2 Å². The van der Waals surface area contributed by atoms with Crippen molar-refractivity contribution in [1.29, 1.82) is 0 Å². The van der Waals surface area contributed by atoms with E-state index in [1.54, 1.807) is 31.5 Å². The summed E-state index contributed by atoms with van der Waals surface area (Å²) in [6.45, 7) is 0. The fourth-order valence-corrected chi connectivity index (χ4v) is 1.84. The van der Waals surface area contributed by atoms with Crippen molar-refractivity contribution in [3.8, 4) is 11.5 Å². The van der Waals surface area contributed by atoms with E-state index in [2.05, 4.69) is 20.9 Å². The minimum atomic E-state index is 0.144. The molecule has 0 heterocycles. The first-order valence-electron chi connectivity index (χ1n) is 5.36. The van der Waals surface area contributed by atoms with Crippen molar-refractivity contribution < 1.29 is 9.84 Å². The maximum absolute atomic E-state index is 9.79. The van der Waals surface area contributed by atoms with Gasteiger partial charge in [0, 0.05) is 22.3 Å². The molecular weight excluding hydrogens is 294 g/mol. The summed E-state index contributed by atoms with van der Waals surface area (Å²) in [6, 6.07) is 12.7. The van der Waals surface area contributed by atoms with Crippen molar-refractivity contribution in [2.24, 2.45) is 4.99 Å². The molecule has 2 rings (SSSR count). The minimum Gasteiger partial charge on any atom is -0.507 e. The number of para-hydroxylation sites is 1. The molecule has 0 aliphatic heterocycles. The van der Waals surface area contributed by atoms with Crippen molar-refractivity contribution in [2.75, 3.05) is 7.11 Å². The first-order chi connectivity index (χ1) is 8.70. The zero-order valence-corrected chi connectivity index (χ0v) is 11.4. The van der Waals surface area contributed by atoms with Crippen LogP contribution in [0.4, 0.5) is 5.69 Å². The lowest BCUT2D eigenvalue weighted by atomic mass is 10.2. The Bertz CT molecular complexity index is 582. The van der Waals surface area contributed by atoms with E-state index in [1.165, 1.54) is 0 Å². The third-order valence-corrected chi connectivity index (χ3v) is 3.10. The number of benzene rings is 2. The number of halogens is 1. The van der Waals surface area contributed by atoms with Gasteiger partial charge in [-0.3, -0.25) is 4.99 Å². The number of phenols is 1. The Labute approximate surface area is 114 Å². The van der Waals surface area contributed by atoms with Crippen molar-refractivity contribution in [2.45, 2.75) is 0 Å². The van der Waals surface area contributed by atoms with E-state index in [-0.39, 0.29) is 5.75 Å². The summed E-state index contributed by atoms with van der Waals surface area (Å²) in [5.74, 6) is 0.760. The molecule has 0 saturated carbocycles. The van der Waals surface area contributed by atoms with E-state index >= 15 is 0 Å². The molecule has 0 radical (unpaired) electrons. The Morgan fingerprint density at radius 2 is 2.00 bits per heavy atom. The smallest absolute Gasteiger partial charge is 0.128 e. The molecule has 0 saturated heterocycles. The zero-order valence-electron chi connectivity index (χ0n) is 9.80. The van der Waals surface area contributed by atoms with E-state index in [4.69, 9.17) is 4.74 Å². The predicted octanol–water partition coefficient (Wildman–Crippen LogP) is 3.91. The molecule has 2 aromatic carbocycles. The molecule has 0 unspecified atom stereocenters. The fraction of sp³-hybridized carbons (Fsp3) is 0.0714. The average molecular weight is 306 g/mol. The predicted molar refractivity (Wildman–Crippen MR) is 76.1 cm³/mol. The summed E-state index contributed by atoms with van der Waals surface area (Å²) in [7, 11) is 1.56. The molecule has 0 atom stereocenters. The van der Waals surface area contributed by atoms with Gasteiger partial charge in [0.25, 0.3) is 0 Å². The summed E-state index contributed by atoms with van der Waals surface area (Å²) in [5, 5.41) is 9.79. The lowest BCUT2D eigenvalue weighted by molar-refractivity contribution is 0.407. The van der Waals surface area contributed by atoms with Gasteiger partial charge >= 0.3 is 0 Å². The summed E-state index contributed by atoms with van der Waals surface area (Å²) >= 11 is 3.41. The van der Waals surface area contributed by atoms with Gasteiger partial charge in [-0.25, -0.2) is 0 Å². The molecule has 4 heteroatoms. The molecule has 92 valence electrons. The Morgan fingerprint density at radius 1 is 1.22 bits per heavy atom. The maximum atomic E-state index is 9.79. The standard InChI is InChI=1S/C14H12BrNO2/c1-18-11-7-6-10(14(17)8-11)9-16-13-5-3-2-4-12(13)15/h2-9,17H,1H3. The van der Waals surface area contributed by atoms with Crippen molar-refractivity contribution in [3.05, 3.63) is 52.5 Å². The molecule has 18 heavy (non-hydrogen) atoms. The molecule has 3 nitrogen and oxygen atoms in total. The van der Waals surface area contributed by atoms with Crippen molar-refractivity contribution in [1.82, 2.24) is 0 Å². The Kier molecular flexibility index (Phi) is 3.99. The van der Waals surface area contributed by atoms with Gasteiger partial charge in [-0.2, -0.15) is 0 Å². The molecule has 0 aliphatic carbocycles. The summed E-state index contributed by atoms with van der Waals surface area (Å²) in [6.07, 6.45) is 1.62. The maximum Gasteiger partial charge on any atom is 0.128 e. The third-order valence-electron chi connectivity index (χ3n) is 2.43. The fourth-order valence-electron chi connectivity index (χ4n) is 1.46. The highest BCUT2D eigenvalue weighted by atomic mass is 79.9. The summed E-state index contributed by atoms with van der Waals surface area (Å²) in [5.41, 5.74) is 1.46. The second kappa shape index (κ2) is 5.69. The molecule has 0 aromatic heterocycles. The molecule has 0 fully saturated rings. The van der Waals surface area contributed by atoms with Crippen LogP contribution in [0, 0.1) is 0 Å². The lowest BCUT2D eigenvalue weighted by Crippen LogP contribution is -1.86. The van der Waals surface area contributed by atoms with Crippen LogP contribution in [0.2, 0.25) is 0 Å². The zero-order chi connectivity index (χ0) is 13.0. The van der Waals surface area contributed by atoms with Crippen LogP contribution >= 0.6 is 15.9 Å². The molecule has 0 bridgehead atoms. The first-order valence-corrected chi connectivity index (χ1v) is 6.15. The number of hydrogen-bond acceptors (Lipinski definition) is 3. The Balaban J connectivity index is 2.27. The number of hydrogen-bond donors (Lipinski definition) is 1. The van der Waals surface area contributed by atoms with Crippen LogP contribution in [-0.4, -0.2) is 18.4 Å². The molecule has 0 amide bonds. The quantitative estimate of drug-likeness (QED) is 0.873. The average Bonchev–Trinajstić information content (AvgIpc) is 2.39. The van der Waals surface area contributed by atoms with E-state index in [9.17, 15) is 5.11 Å². The van der Waals surface area contributed by atoms with Crippen molar-refractivity contribution >= 4 is 27.8 Å². The van der Waals surface area contributed by atoms with Gasteiger partial charge in [-0.15, -0.1) is 0 Å². The minimum absolute atomic E-state index is 0.144. The molecular formula is C14H12BrNO2. The number of methoxy groups -OCH3 is 1. The van der Waals surface area contributed by atoms with Gasteiger partial charge in [0.1, 0.15) is 11.5 Å². The largest absolute Gasteiger partial charge is 0.507 e. The van der Waals surface area contributed by atoms with E-state index in [0.29, 0.717) is 11.3 Å². The normalized spacial score (nSPS) is 10.8. The SMILES string of the molecule is COc1ccc(C=Nc2ccccc2Br)c(O)c1. The number of nitrogens with zero attached hydrogens (tertiary/aromatic N) is 1. The van der Waals surface area contributed by atoms with Crippen LogP contribution in [0.25, 0.3) is 0 Å². The van der Waals surface area contributed by atoms with Crippen LogP contribution in [-0.2, 0) is 0 Å². The Hall–Kier alpha value is -1.81. The van der Waals surface area contributed by atoms with Gasteiger partial charge in [-0.05, 0) is 40.2 Å². The summed E-state index contributed by atoms with van der Waals surface area (Å²) in [4.78, 5) is 4.32. The van der Waals surface area contributed by atoms with E-state index in [1.807, 2.05) is 24.3 Å². The van der Waals surface area contributed by atoms with Crippen molar-refractivity contribution in [3.63, 3.8) is 0 Å². The van der Waals surface area contributed by atoms with Crippen LogP contribution in [0.1, 0.15) is 5.56 Å². The van der Waals surface area contributed by atoms with Gasteiger partial charge in [0.15, 0.2) is 0 Å². The first kappa shape index (κ1) is 12.6. The highest BCUT2D eigenvalue weighted by Gasteiger charge is 2.01. The Morgan fingerprint density at radius 3 is 2.67 bits per heavy atom. The van der Waals surface area contributed by atoms with Gasteiger partial charge in [0.05, 0.1) is 12.8 Å². The second-order valence-corrected chi connectivity index (χ2v) is 4.49. The highest BCUT2D eigenvalue weighted by molar-refractivity contribution is 9.10. The molecule has 1 N–H and O–H groups in total. The lowest BCUT2D eigenvalue weighted by Gasteiger charge is -2.03. The number of rotatable bonds is 3. The van der Waals surface area contributed by atoms with Gasteiger partial charge < -0.3 is 9.84 Å². The number of ether oxygens (including phenoxy) is 1. The number of phenolic OH excluding ortho intramolecular Hbond substituents is 1. The summed E-state index contributed by atoms with van der Waals surface area (Å²) < 4.78 is 5.93. The topological polar surface area (TPSA) is 41.8 Å². The van der Waals surface area contributed by atoms with Crippen LogP contribution in [0.15, 0.2) is 51.9 Å². The van der Waals surface area contributed by atoms with Gasteiger partial charge in [-0.1, -0.05) is 12.1 Å². The van der Waals surface area contributed by atoms with Crippen LogP contribution in [0.5, 0.6) is 11.5 Å². The number of aliphatic imine (C=N–C) groups is 1. The molecule has 2 aromatic rings.